The number of nitrogens with zero attached hydrogens (tertiary/aromatic N) is 1. The Morgan fingerprint density at radius 2 is 1.68 bits per heavy atom. The van der Waals surface area contributed by atoms with Gasteiger partial charge >= 0.3 is 12.4 Å². The van der Waals surface area contributed by atoms with Crippen molar-refractivity contribution in [1.82, 2.24) is 4.90 Å². The van der Waals surface area contributed by atoms with Crippen LogP contribution in [0.15, 0.2) is 71.4 Å². The van der Waals surface area contributed by atoms with Gasteiger partial charge in [-0.05, 0) is 71.1 Å². The lowest BCUT2D eigenvalue weighted by Crippen LogP contribution is -2.45. The van der Waals surface area contributed by atoms with E-state index in [4.69, 9.17) is 4.74 Å². The number of halogens is 6. The van der Waals surface area contributed by atoms with Crippen LogP contribution in [0.1, 0.15) is 53.2 Å². The highest BCUT2D eigenvalue weighted by atomic mass is 32.1. The lowest BCUT2D eigenvalue weighted by Gasteiger charge is -2.39. The summed E-state index contributed by atoms with van der Waals surface area (Å²) in [6.45, 7) is 2.08. The maximum atomic E-state index is 13.4. The molecular weight excluding hydrogens is 528 g/mol. The zero-order valence-corrected chi connectivity index (χ0v) is 21.1. The lowest BCUT2D eigenvalue weighted by molar-refractivity contribution is -0.143. The van der Waals surface area contributed by atoms with E-state index in [9.17, 15) is 31.1 Å². The minimum atomic E-state index is -4.94. The predicted molar refractivity (Wildman–Crippen MR) is 133 cm³/mol. The molecule has 0 N–H and O–H groups in total. The number of ether oxygens (including phenoxy) is 1. The molecule has 1 amide bonds. The lowest BCUT2D eigenvalue weighted by atomic mass is 9.87. The summed E-state index contributed by atoms with van der Waals surface area (Å²) >= 11 is 1.52. The van der Waals surface area contributed by atoms with Crippen molar-refractivity contribution in [3.63, 3.8) is 0 Å². The third kappa shape index (κ3) is 6.85. The van der Waals surface area contributed by atoms with Gasteiger partial charge in [0.2, 0.25) is 5.91 Å². The van der Waals surface area contributed by atoms with Crippen molar-refractivity contribution in [3.8, 4) is 0 Å². The Labute approximate surface area is 220 Å². The number of likely N-dealkylation sites (tertiary alicyclic amines) is 1. The average Bonchev–Trinajstić information content (AvgIpc) is 3.40. The summed E-state index contributed by atoms with van der Waals surface area (Å²) in [5.41, 5.74) is -1.19. The molecule has 0 spiro atoms. The number of carbonyl (C=O) groups is 1. The van der Waals surface area contributed by atoms with Gasteiger partial charge in [-0.25, -0.2) is 0 Å². The smallest absolute Gasteiger partial charge is 0.370 e. The zero-order chi connectivity index (χ0) is 27.5. The normalized spacial score (nSPS) is 19.6. The molecule has 4 rings (SSSR count). The number of hydrogen-bond acceptors (Lipinski definition) is 3. The van der Waals surface area contributed by atoms with Gasteiger partial charge in [-0.1, -0.05) is 30.3 Å². The van der Waals surface area contributed by atoms with Gasteiger partial charge in [0, 0.05) is 25.1 Å². The summed E-state index contributed by atoms with van der Waals surface area (Å²) in [7, 11) is 0. The number of carbonyl (C=O) groups excluding carboxylic acids is 1. The average molecular weight is 554 g/mol. The molecule has 1 saturated heterocycles. The molecule has 1 aliphatic heterocycles. The van der Waals surface area contributed by atoms with Crippen LogP contribution < -0.4 is 0 Å². The third-order valence-electron chi connectivity index (χ3n) is 6.51. The summed E-state index contributed by atoms with van der Waals surface area (Å²) in [6, 6.07) is 12.6. The molecule has 1 aromatic heterocycles. The van der Waals surface area contributed by atoms with E-state index >= 15 is 0 Å². The Morgan fingerprint density at radius 3 is 2.26 bits per heavy atom. The number of rotatable bonds is 6. The minimum Gasteiger partial charge on any atom is -0.370 e. The van der Waals surface area contributed by atoms with Gasteiger partial charge in [0.05, 0.1) is 23.3 Å². The van der Waals surface area contributed by atoms with Crippen molar-refractivity contribution < 1.29 is 35.9 Å². The van der Waals surface area contributed by atoms with Gasteiger partial charge in [-0.3, -0.25) is 4.79 Å². The second-order valence-electron chi connectivity index (χ2n) is 9.14. The molecule has 38 heavy (non-hydrogen) atoms. The fourth-order valence-corrected chi connectivity index (χ4v) is 5.14. The number of alkyl halides is 6. The molecule has 2 aromatic carbocycles. The quantitative estimate of drug-likeness (QED) is 0.229. The van der Waals surface area contributed by atoms with Crippen molar-refractivity contribution in [2.45, 2.75) is 43.8 Å². The molecule has 10 heteroatoms. The van der Waals surface area contributed by atoms with Gasteiger partial charge in [-0.15, -0.1) is 0 Å². The molecule has 202 valence electrons. The van der Waals surface area contributed by atoms with Gasteiger partial charge in [0.15, 0.2) is 0 Å². The number of thiophene rings is 1. The van der Waals surface area contributed by atoms with Crippen molar-refractivity contribution in [2.75, 3.05) is 13.1 Å². The van der Waals surface area contributed by atoms with Crippen LogP contribution in [0.2, 0.25) is 0 Å². The third-order valence-corrected chi connectivity index (χ3v) is 7.21. The maximum Gasteiger partial charge on any atom is 0.416 e. The van der Waals surface area contributed by atoms with E-state index in [0.29, 0.717) is 31.6 Å². The molecule has 3 atom stereocenters. The first-order valence-corrected chi connectivity index (χ1v) is 12.8. The van der Waals surface area contributed by atoms with E-state index in [2.05, 4.69) is 0 Å². The van der Waals surface area contributed by atoms with E-state index in [0.717, 1.165) is 11.1 Å². The predicted octanol–water partition coefficient (Wildman–Crippen LogP) is 7.96. The molecule has 0 aliphatic carbocycles. The van der Waals surface area contributed by atoms with Crippen molar-refractivity contribution in [1.29, 1.82) is 0 Å². The van der Waals surface area contributed by atoms with Gasteiger partial charge in [0.25, 0.3) is 0 Å². The number of piperidine rings is 1. The first-order valence-electron chi connectivity index (χ1n) is 11.9. The van der Waals surface area contributed by atoms with Crippen LogP contribution in [0.25, 0.3) is 6.08 Å². The molecule has 0 radical (unpaired) electrons. The summed E-state index contributed by atoms with van der Waals surface area (Å²) in [5.74, 6) is -0.505. The highest BCUT2D eigenvalue weighted by Crippen LogP contribution is 2.39. The van der Waals surface area contributed by atoms with Crippen molar-refractivity contribution >= 4 is 23.3 Å². The first-order chi connectivity index (χ1) is 17.9. The highest BCUT2D eigenvalue weighted by molar-refractivity contribution is 7.08. The topological polar surface area (TPSA) is 29.5 Å². The molecule has 0 bridgehead atoms. The van der Waals surface area contributed by atoms with Crippen LogP contribution in [0.3, 0.4) is 0 Å². The number of amides is 1. The van der Waals surface area contributed by atoms with Crippen molar-refractivity contribution in [3.05, 3.63) is 99.3 Å². The monoisotopic (exact) mass is 553 g/mol. The first kappa shape index (κ1) is 27.9. The van der Waals surface area contributed by atoms with Crippen LogP contribution in [-0.4, -0.2) is 30.0 Å². The number of hydrogen-bond donors (Lipinski definition) is 0. The Bertz CT molecular complexity index is 1220. The SMILES string of the molecule is C[C@@H](O[C@H]1CCN(C(=O)/C=C/c2ccsc2)C[C@H]1c1ccccc1)c1cc(C(F)(F)F)cc(C(F)(F)F)c1. The molecule has 1 fully saturated rings. The molecule has 3 nitrogen and oxygen atoms in total. The minimum absolute atomic E-state index is 0.108. The molecule has 3 aromatic rings. The van der Waals surface area contributed by atoms with E-state index < -0.39 is 35.7 Å². The van der Waals surface area contributed by atoms with Gasteiger partial charge < -0.3 is 9.64 Å². The van der Waals surface area contributed by atoms with E-state index in [1.807, 2.05) is 47.2 Å². The molecule has 1 aliphatic rings. The molecule has 0 saturated carbocycles. The van der Waals surface area contributed by atoms with Crippen molar-refractivity contribution in [2.24, 2.45) is 0 Å². The summed E-state index contributed by atoms with van der Waals surface area (Å²) in [6.07, 6.45) is -7.86. The fourth-order valence-electron chi connectivity index (χ4n) is 4.51. The van der Waals surface area contributed by atoms with Crippen LogP contribution >= 0.6 is 11.3 Å². The maximum absolute atomic E-state index is 13.4. The summed E-state index contributed by atoms with van der Waals surface area (Å²) < 4.78 is 86.3. The van der Waals surface area contributed by atoms with Crippen LogP contribution in [0, 0.1) is 0 Å². The Morgan fingerprint density at radius 1 is 1.03 bits per heavy atom. The molecular formula is C28H25F6NO2S. The van der Waals surface area contributed by atoms with E-state index in [1.54, 1.807) is 11.0 Å². The van der Waals surface area contributed by atoms with Gasteiger partial charge in [0.1, 0.15) is 0 Å². The van der Waals surface area contributed by atoms with Crippen LogP contribution in [-0.2, 0) is 21.9 Å². The summed E-state index contributed by atoms with van der Waals surface area (Å²) in [5, 5.41) is 3.82. The highest BCUT2D eigenvalue weighted by Gasteiger charge is 2.38. The second-order valence-corrected chi connectivity index (χ2v) is 9.92. The van der Waals surface area contributed by atoms with Crippen LogP contribution in [0.4, 0.5) is 26.3 Å². The van der Waals surface area contributed by atoms with E-state index in [-0.39, 0.29) is 23.5 Å². The second kappa shape index (κ2) is 11.3. The molecule has 2 heterocycles. The Kier molecular flexibility index (Phi) is 8.32. The Hall–Kier alpha value is -3.11. The van der Waals surface area contributed by atoms with E-state index in [1.165, 1.54) is 24.3 Å². The largest absolute Gasteiger partial charge is 0.416 e. The standard InChI is InChI=1S/C28H25F6NO2S/c1-18(21-13-22(27(29,30)31)15-23(14-21)28(32,33)34)37-25-9-11-35(16-24(25)20-5-3-2-4-6-20)26(36)8-7-19-10-12-38-17-19/h2-8,10,12-15,17-18,24-25H,9,11,16H2,1H3/b8-7+/t18-,24+,25+/m1/s1. The van der Waals surface area contributed by atoms with Crippen LogP contribution in [0.5, 0.6) is 0 Å². The Balaban J connectivity index is 1.57. The summed E-state index contributed by atoms with van der Waals surface area (Å²) in [4.78, 5) is 14.5. The van der Waals surface area contributed by atoms with Gasteiger partial charge in [-0.2, -0.15) is 37.7 Å². The fraction of sp³-hybridized carbons (Fsp3) is 0.321. The molecule has 0 unspecified atom stereocenters. The number of benzene rings is 2. The zero-order valence-electron chi connectivity index (χ0n) is 20.3.